The van der Waals surface area contributed by atoms with Crippen molar-refractivity contribution in [3.05, 3.63) is 55.4 Å². The average Bonchev–Trinajstić information content (AvgIpc) is 2.72. The van der Waals surface area contributed by atoms with Gasteiger partial charge in [-0.25, -0.2) is 0 Å². The van der Waals surface area contributed by atoms with Crippen LogP contribution in [0.25, 0.3) is 11.6 Å². The number of nitrogens with one attached hydrogen (secondary N) is 1. The van der Waals surface area contributed by atoms with Crippen LogP contribution >= 0.6 is 43.5 Å². The molecular formula is C15H8Br2ClNO2. The Morgan fingerprint density at radius 2 is 1.81 bits per heavy atom. The van der Waals surface area contributed by atoms with Crippen LogP contribution in [0.4, 0.5) is 5.69 Å². The predicted octanol–water partition coefficient (Wildman–Crippen LogP) is 5.06. The molecule has 106 valence electrons. The van der Waals surface area contributed by atoms with Crippen LogP contribution in [0.5, 0.6) is 5.75 Å². The Labute approximate surface area is 142 Å². The van der Waals surface area contributed by atoms with Crippen molar-refractivity contribution in [1.82, 2.24) is 0 Å². The zero-order valence-electron chi connectivity index (χ0n) is 10.5. The van der Waals surface area contributed by atoms with E-state index in [4.69, 9.17) is 11.6 Å². The Morgan fingerprint density at radius 1 is 1.14 bits per heavy atom. The second-order valence-electron chi connectivity index (χ2n) is 4.54. The van der Waals surface area contributed by atoms with E-state index in [1.807, 2.05) is 0 Å². The molecule has 0 saturated carbocycles. The van der Waals surface area contributed by atoms with Crippen LogP contribution in [-0.4, -0.2) is 11.0 Å². The fourth-order valence-corrected chi connectivity index (χ4v) is 3.53. The van der Waals surface area contributed by atoms with Crippen molar-refractivity contribution in [1.29, 1.82) is 0 Å². The number of benzene rings is 2. The second kappa shape index (κ2) is 5.48. The van der Waals surface area contributed by atoms with Crippen LogP contribution in [0.2, 0.25) is 5.02 Å². The maximum absolute atomic E-state index is 12.1. The van der Waals surface area contributed by atoms with Gasteiger partial charge in [0.1, 0.15) is 5.75 Å². The summed E-state index contributed by atoms with van der Waals surface area (Å²) in [6.45, 7) is 0. The number of rotatable bonds is 1. The van der Waals surface area contributed by atoms with Gasteiger partial charge in [0.25, 0.3) is 5.91 Å². The molecule has 6 heteroatoms. The van der Waals surface area contributed by atoms with Gasteiger partial charge in [-0.05, 0) is 73.8 Å². The number of phenols is 1. The molecule has 3 nitrogen and oxygen atoms in total. The summed E-state index contributed by atoms with van der Waals surface area (Å²) >= 11 is 12.5. The first-order valence-corrected chi connectivity index (χ1v) is 7.93. The molecule has 1 heterocycles. The number of carbonyl (C=O) groups is 1. The van der Waals surface area contributed by atoms with E-state index in [9.17, 15) is 9.90 Å². The Kier molecular flexibility index (Phi) is 3.82. The van der Waals surface area contributed by atoms with E-state index in [0.717, 1.165) is 16.8 Å². The maximum Gasteiger partial charge on any atom is 0.256 e. The van der Waals surface area contributed by atoms with E-state index in [2.05, 4.69) is 37.2 Å². The van der Waals surface area contributed by atoms with Crippen molar-refractivity contribution >= 4 is 66.7 Å². The average molecular weight is 429 g/mol. The first kappa shape index (κ1) is 14.6. The van der Waals surface area contributed by atoms with E-state index >= 15 is 0 Å². The van der Waals surface area contributed by atoms with Crippen molar-refractivity contribution in [2.75, 3.05) is 5.32 Å². The molecule has 0 saturated heterocycles. The van der Waals surface area contributed by atoms with Gasteiger partial charge in [-0.15, -0.1) is 0 Å². The molecule has 2 N–H and O–H groups in total. The summed E-state index contributed by atoms with van der Waals surface area (Å²) in [5.74, 6) is -0.0518. The van der Waals surface area contributed by atoms with Crippen LogP contribution < -0.4 is 5.32 Å². The molecule has 0 aromatic heterocycles. The zero-order valence-corrected chi connectivity index (χ0v) is 14.4. The van der Waals surface area contributed by atoms with E-state index in [1.165, 1.54) is 0 Å². The molecule has 1 aliphatic rings. The molecule has 0 radical (unpaired) electrons. The van der Waals surface area contributed by atoms with Crippen LogP contribution in [-0.2, 0) is 4.79 Å². The van der Waals surface area contributed by atoms with Gasteiger partial charge in [-0.1, -0.05) is 11.6 Å². The van der Waals surface area contributed by atoms with Gasteiger partial charge in [0.15, 0.2) is 0 Å². The van der Waals surface area contributed by atoms with Gasteiger partial charge < -0.3 is 10.4 Å². The SMILES string of the molecule is O=C1Nc2ccc(Cl)cc2/C1=C\c1cc(Br)c(O)c(Br)c1. The summed E-state index contributed by atoms with van der Waals surface area (Å²) in [5, 5.41) is 13.1. The highest BCUT2D eigenvalue weighted by Gasteiger charge is 2.24. The highest BCUT2D eigenvalue weighted by atomic mass is 79.9. The van der Waals surface area contributed by atoms with Crippen molar-refractivity contribution in [3.63, 3.8) is 0 Å². The van der Waals surface area contributed by atoms with Gasteiger partial charge in [-0.3, -0.25) is 4.79 Å². The quantitative estimate of drug-likeness (QED) is 0.623. The molecule has 0 aliphatic carbocycles. The van der Waals surface area contributed by atoms with E-state index in [1.54, 1.807) is 36.4 Å². The number of carbonyl (C=O) groups excluding carboxylic acids is 1. The largest absolute Gasteiger partial charge is 0.506 e. The number of hydrogen-bond donors (Lipinski definition) is 2. The third-order valence-electron chi connectivity index (χ3n) is 3.11. The third kappa shape index (κ3) is 2.73. The van der Waals surface area contributed by atoms with Gasteiger partial charge >= 0.3 is 0 Å². The lowest BCUT2D eigenvalue weighted by atomic mass is 10.0. The number of halogens is 3. The minimum atomic E-state index is -0.174. The lowest BCUT2D eigenvalue weighted by molar-refractivity contribution is -0.110. The van der Waals surface area contributed by atoms with Crippen molar-refractivity contribution in [3.8, 4) is 5.75 Å². The Hall–Kier alpha value is -1.30. The molecule has 21 heavy (non-hydrogen) atoms. The summed E-state index contributed by atoms with van der Waals surface area (Å²) in [6, 6.07) is 8.74. The highest BCUT2D eigenvalue weighted by Crippen LogP contribution is 2.37. The topological polar surface area (TPSA) is 49.3 Å². The maximum atomic E-state index is 12.1. The Bertz CT molecular complexity index is 779. The van der Waals surface area contributed by atoms with E-state index in [0.29, 0.717) is 19.5 Å². The highest BCUT2D eigenvalue weighted by molar-refractivity contribution is 9.11. The zero-order chi connectivity index (χ0) is 15.1. The molecule has 0 bridgehead atoms. The predicted molar refractivity (Wildman–Crippen MR) is 91.5 cm³/mol. The number of hydrogen-bond acceptors (Lipinski definition) is 2. The van der Waals surface area contributed by atoms with Crippen LogP contribution in [0.3, 0.4) is 0 Å². The summed E-state index contributed by atoms with van der Waals surface area (Å²) < 4.78 is 1.10. The second-order valence-corrected chi connectivity index (χ2v) is 6.68. The monoisotopic (exact) mass is 427 g/mol. The minimum Gasteiger partial charge on any atom is -0.506 e. The lowest BCUT2D eigenvalue weighted by Crippen LogP contribution is -2.03. The Balaban J connectivity index is 2.13. The number of amides is 1. The summed E-state index contributed by atoms with van der Waals surface area (Å²) in [4.78, 5) is 12.1. The van der Waals surface area contributed by atoms with Gasteiger partial charge in [0.2, 0.25) is 0 Å². The Morgan fingerprint density at radius 3 is 2.48 bits per heavy atom. The fraction of sp³-hybridized carbons (Fsp3) is 0. The normalized spacial score (nSPS) is 15.2. The first-order valence-electron chi connectivity index (χ1n) is 5.96. The molecule has 1 amide bonds. The standard InChI is InChI=1S/C15H8Br2ClNO2/c16-11-4-7(5-12(17)14(11)20)3-10-9-6-8(18)1-2-13(9)19-15(10)21/h1-6,20H,(H,19,21)/b10-3+. The molecule has 0 fully saturated rings. The molecule has 0 unspecified atom stereocenters. The van der Waals surface area contributed by atoms with E-state index < -0.39 is 0 Å². The number of aromatic hydroxyl groups is 1. The minimum absolute atomic E-state index is 0.122. The molecule has 3 rings (SSSR count). The molecule has 0 spiro atoms. The molecule has 1 aliphatic heterocycles. The van der Waals surface area contributed by atoms with Crippen molar-refractivity contribution < 1.29 is 9.90 Å². The smallest absolute Gasteiger partial charge is 0.256 e. The van der Waals surface area contributed by atoms with Crippen LogP contribution in [0.1, 0.15) is 11.1 Å². The van der Waals surface area contributed by atoms with Crippen LogP contribution in [0, 0.1) is 0 Å². The third-order valence-corrected chi connectivity index (χ3v) is 4.56. The summed E-state index contributed by atoms with van der Waals surface area (Å²) in [6.07, 6.45) is 1.76. The van der Waals surface area contributed by atoms with Crippen molar-refractivity contribution in [2.24, 2.45) is 0 Å². The first-order chi connectivity index (χ1) is 9.95. The molecular weight excluding hydrogens is 421 g/mol. The number of fused-ring (bicyclic) bond motifs is 1. The fourth-order valence-electron chi connectivity index (χ4n) is 2.14. The van der Waals surface area contributed by atoms with Gasteiger partial charge in [-0.2, -0.15) is 0 Å². The number of phenolic OH excluding ortho intramolecular Hbond substituents is 1. The number of anilines is 1. The summed E-state index contributed by atoms with van der Waals surface area (Å²) in [7, 11) is 0. The lowest BCUT2D eigenvalue weighted by Gasteiger charge is -2.04. The van der Waals surface area contributed by atoms with Crippen molar-refractivity contribution in [2.45, 2.75) is 0 Å². The molecule has 2 aromatic carbocycles. The van der Waals surface area contributed by atoms with Crippen LogP contribution in [0.15, 0.2) is 39.3 Å². The molecule has 2 aromatic rings. The van der Waals surface area contributed by atoms with E-state index in [-0.39, 0.29) is 11.7 Å². The molecule has 0 atom stereocenters. The summed E-state index contributed by atoms with van der Waals surface area (Å²) in [5.41, 5.74) is 2.84. The van der Waals surface area contributed by atoms with Gasteiger partial charge in [0.05, 0.1) is 8.95 Å². The van der Waals surface area contributed by atoms with Gasteiger partial charge in [0, 0.05) is 21.8 Å².